The fraction of sp³-hybridized carbons (Fsp3) is 0.364. The van der Waals surface area contributed by atoms with Crippen LogP contribution in [0.5, 0.6) is 0 Å². The Balaban J connectivity index is 1.89. The lowest BCUT2D eigenvalue weighted by Gasteiger charge is -2.07. The van der Waals surface area contributed by atoms with Gasteiger partial charge in [-0.15, -0.1) is 5.10 Å². The summed E-state index contributed by atoms with van der Waals surface area (Å²) in [4.78, 5) is 1.11. The summed E-state index contributed by atoms with van der Waals surface area (Å²) in [7, 11) is 0. The number of hydrogen-bond donors (Lipinski definition) is 1. The molecule has 0 atom stereocenters. The molecule has 94 valence electrons. The first-order valence-electron chi connectivity index (χ1n) is 5.72. The molecule has 1 saturated carbocycles. The average Bonchev–Trinajstić information content (AvgIpc) is 3.12. The number of tetrazole rings is 1. The summed E-state index contributed by atoms with van der Waals surface area (Å²) < 4.78 is 2.95. The molecule has 1 fully saturated rings. The molecule has 18 heavy (non-hydrogen) atoms. The molecule has 0 spiro atoms. The van der Waals surface area contributed by atoms with Crippen molar-refractivity contribution in [2.75, 3.05) is 0 Å². The van der Waals surface area contributed by atoms with E-state index >= 15 is 0 Å². The molecule has 1 aliphatic rings. The Morgan fingerprint density at radius 2 is 2.28 bits per heavy atom. The van der Waals surface area contributed by atoms with E-state index in [-0.39, 0.29) is 0 Å². The number of hydrogen-bond acceptors (Lipinski definition) is 5. The van der Waals surface area contributed by atoms with E-state index in [0.29, 0.717) is 12.6 Å². The quantitative estimate of drug-likeness (QED) is 0.934. The molecule has 3 rings (SSSR count). The lowest BCUT2D eigenvalue weighted by Crippen LogP contribution is -2.01. The summed E-state index contributed by atoms with van der Waals surface area (Å²) in [6.45, 7) is 0.507. The Hall–Kier alpha value is -0.920. The third kappa shape index (κ3) is 2.43. The van der Waals surface area contributed by atoms with Crippen molar-refractivity contribution in [2.45, 2.75) is 35.5 Å². The topological polar surface area (TPSA) is 69.6 Å². The monoisotopic (exact) mass is 325 g/mol. The van der Waals surface area contributed by atoms with Gasteiger partial charge in [-0.1, -0.05) is 15.9 Å². The Labute approximate surface area is 117 Å². The van der Waals surface area contributed by atoms with Crippen LogP contribution in [0, 0.1) is 0 Å². The van der Waals surface area contributed by atoms with Crippen molar-refractivity contribution >= 4 is 27.7 Å². The van der Waals surface area contributed by atoms with Gasteiger partial charge in [-0.05, 0) is 58.8 Å². The van der Waals surface area contributed by atoms with Gasteiger partial charge in [-0.2, -0.15) is 0 Å². The second kappa shape index (κ2) is 4.99. The number of benzene rings is 1. The Bertz CT molecular complexity index is 566. The van der Waals surface area contributed by atoms with Gasteiger partial charge in [0.15, 0.2) is 0 Å². The molecular formula is C11H12BrN5S. The van der Waals surface area contributed by atoms with Gasteiger partial charge >= 0.3 is 0 Å². The van der Waals surface area contributed by atoms with Crippen LogP contribution in [0.4, 0.5) is 0 Å². The lowest BCUT2D eigenvalue weighted by atomic mass is 10.2. The zero-order chi connectivity index (χ0) is 12.5. The maximum Gasteiger partial charge on any atom is 0.214 e. The third-order valence-corrected chi connectivity index (χ3v) is 4.36. The minimum absolute atomic E-state index is 0.485. The highest BCUT2D eigenvalue weighted by molar-refractivity contribution is 9.10. The van der Waals surface area contributed by atoms with E-state index in [1.807, 2.05) is 22.9 Å². The van der Waals surface area contributed by atoms with Gasteiger partial charge in [0.1, 0.15) is 0 Å². The minimum Gasteiger partial charge on any atom is -0.326 e. The molecule has 0 radical (unpaired) electrons. The summed E-state index contributed by atoms with van der Waals surface area (Å²) in [6, 6.07) is 6.57. The molecule has 0 unspecified atom stereocenters. The summed E-state index contributed by atoms with van der Waals surface area (Å²) >= 11 is 5.03. The summed E-state index contributed by atoms with van der Waals surface area (Å²) in [6.07, 6.45) is 2.34. The van der Waals surface area contributed by atoms with E-state index in [4.69, 9.17) is 5.73 Å². The second-order valence-corrected chi connectivity index (χ2v) is 6.12. The maximum absolute atomic E-state index is 5.77. The zero-order valence-electron chi connectivity index (χ0n) is 9.58. The van der Waals surface area contributed by atoms with Crippen LogP contribution in [0.3, 0.4) is 0 Å². The van der Waals surface area contributed by atoms with E-state index in [9.17, 15) is 0 Å². The Morgan fingerprint density at radius 1 is 1.44 bits per heavy atom. The van der Waals surface area contributed by atoms with E-state index in [1.54, 1.807) is 11.8 Å². The largest absolute Gasteiger partial charge is 0.326 e. The van der Waals surface area contributed by atoms with E-state index in [1.165, 1.54) is 12.8 Å². The van der Waals surface area contributed by atoms with Gasteiger partial charge in [0.05, 0.1) is 6.04 Å². The first kappa shape index (κ1) is 12.1. The van der Waals surface area contributed by atoms with Gasteiger partial charge in [0.2, 0.25) is 5.16 Å². The van der Waals surface area contributed by atoms with Gasteiger partial charge < -0.3 is 5.73 Å². The normalized spacial score (nSPS) is 15.0. The standard InChI is InChI=1S/C11H12BrN5S/c12-8-1-4-10(7(5-8)6-13)18-11-14-15-16-17(11)9-2-3-9/h1,4-5,9H,2-3,6,13H2. The molecule has 0 amide bonds. The van der Waals surface area contributed by atoms with Crippen molar-refractivity contribution in [1.29, 1.82) is 0 Å². The number of halogens is 1. The van der Waals surface area contributed by atoms with Crippen LogP contribution in [0.15, 0.2) is 32.7 Å². The van der Waals surface area contributed by atoms with Gasteiger partial charge in [0.25, 0.3) is 0 Å². The van der Waals surface area contributed by atoms with Crippen molar-refractivity contribution < 1.29 is 0 Å². The van der Waals surface area contributed by atoms with Crippen molar-refractivity contribution in [3.8, 4) is 0 Å². The van der Waals surface area contributed by atoms with Gasteiger partial charge in [0, 0.05) is 15.9 Å². The predicted octanol–water partition coefficient (Wildman–Crippen LogP) is 2.38. The van der Waals surface area contributed by atoms with Crippen molar-refractivity contribution in [3.63, 3.8) is 0 Å². The van der Waals surface area contributed by atoms with Crippen LogP contribution < -0.4 is 5.73 Å². The van der Waals surface area contributed by atoms with Crippen LogP contribution in [-0.2, 0) is 6.54 Å². The highest BCUT2D eigenvalue weighted by Crippen LogP contribution is 2.38. The summed E-state index contributed by atoms with van der Waals surface area (Å²) in [5.41, 5.74) is 6.86. The molecular weight excluding hydrogens is 314 g/mol. The van der Waals surface area contributed by atoms with Crippen LogP contribution in [0.1, 0.15) is 24.4 Å². The fourth-order valence-electron chi connectivity index (χ4n) is 1.71. The van der Waals surface area contributed by atoms with E-state index in [2.05, 4.69) is 31.5 Å². The summed E-state index contributed by atoms with van der Waals surface area (Å²) in [5, 5.41) is 12.7. The molecule has 1 aromatic carbocycles. The molecule has 1 aliphatic carbocycles. The smallest absolute Gasteiger partial charge is 0.214 e. The van der Waals surface area contributed by atoms with E-state index in [0.717, 1.165) is 20.1 Å². The SMILES string of the molecule is NCc1cc(Br)ccc1Sc1nnnn1C1CC1. The van der Waals surface area contributed by atoms with Gasteiger partial charge in [-0.3, -0.25) is 0 Å². The zero-order valence-corrected chi connectivity index (χ0v) is 12.0. The summed E-state index contributed by atoms with van der Waals surface area (Å²) in [5.74, 6) is 0. The maximum atomic E-state index is 5.77. The van der Waals surface area contributed by atoms with E-state index < -0.39 is 0 Å². The molecule has 0 aliphatic heterocycles. The molecule has 1 aromatic heterocycles. The molecule has 0 bridgehead atoms. The lowest BCUT2D eigenvalue weighted by molar-refractivity contribution is 0.565. The van der Waals surface area contributed by atoms with Crippen LogP contribution >= 0.6 is 27.7 Å². The fourth-order valence-corrected chi connectivity index (χ4v) is 3.08. The number of nitrogens with zero attached hydrogens (tertiary/aromatic N) is 4. The second-order valence-electron chi connectivity index (χ2n) is 4.20. The first-order chi connectivity index (χ1) is 8.78. The van der Waals surface area contributed by atoms with Crippen molar-refractivity contribution in [1.82, 2.24) is 20.2 Å². The average molecular weight is 326 g/mol. The Kier molecular flexibility index (Phi) is 3.36. The molecule has 0 saturated heterocycles. The Morgan fingerprint density at radius 3 is 3.00 bits per heavy atom. The highest BCUT2D eigenvalue weighted by atomic mass is 79.9. The number of nitrogens with two attached hydrogens (primary N) is 1. The minimum atomic E-state index is 0.485. The highest BCUT2D eigenvalue weighted by Gasteiger charge is 2.28. The van der Waals surface area contributed by atoms with Crippen LogP contribution in [-0.4, -0.2) is 20.2 Å². The van der Waals surface area contributed by atoms with Crippen LogP contribution in [0.2, 0.25) is 0 Å². The first-order valence-corrected chi connectivity index (χ1v) is 7.33. The van der Waals surface area contributed by atoms with Crippen LogP contribution in [0.25, 0.3) is 0 Å². The van der Waals surface area contributed by atoms with Crippen molar-refractivity contribution in [2.24, 2.45) is 5.73 Å². The molecule has 7 heteroatoms. The number of rotatable bonds is 4. The molecule has 5 nitrogen and oxygen atoms in total. The predicted molar refractivity (Wildman–Crippen MR) is 72.2 cm³/mol. The molecule has 2 N–H and O–H groups in total. The molecule has 1 heterocycles. The molecule has 2 aromatic rings. The van der Waals surface area contributed by atoms with Gasteiger partial charge in [-0.25, -0.2) is 4.68 Å². The van der Waals surface area contributed by atoms with Crippen molar-refractivity contribution in [3.05, 3.63) is 28.2 Å². The third-order valence-electron chi connectivity index (χ3n) is 2.80. The number of aromatic nitrogens is 4.